The van der Waals surface area contributed by atoms with Crippen molar-refractivity contribution in [2.24, 2.45) is 0 Å². The molecule has 6 nitrogen and oxygen atoms in total. The number of hydrogen-bond acceptors (Lipinski definition) is 5. The number of halogens is 1. The van der Waals surface area contributed by atoms with Crippen LogP contribution in [0.4, 0.5) is 5.69 Å². The van der Waals surface area contributed by atoms with E-state index in [0.29, 0.717) is 15.9 Å². The number of nitrogens with one attached hydrogen (secondary N) is 1. The molecule has 0 fully saturated rings. The highest BCUT2D eigenvalue weighted by Gasteiger charge is 2.13. The van der Waals surface area contributed by atoms with Crippen molar-refractivity contribution in [3.63, 3.8) is 0 Å². The zero-order valence-electron chi connectivity index (χ0n) is 14.7. The van der Waals surface area contributed by atoms with Crippen LogP contribution in [0.15, 0.2) is 41.6 Å². The van der Waals surface area contributed by atoms with Crippen molar-refractivity contribution in [1.29, 1.82) is 0 Å². The molecule has 0 bridgehead atoms. The number of nitrogens with zero attached hydrogens (tertiary/aromatic N) is 4. The highest BCUT2D eigenvalue weighted by molar-refractivity contribution is 7.99. The second kappa shape index (κ2) is 7.88. The van der Waals surface area contributed by atoms with E-state index < -0.39 is 0 Å². The average Bonchev–Trinajstić information content (AvgIpc) is 3.03. The van der Waals surface area contributed by atoms with Gasteiger partial charge in [0.25, 0.3) is 0 Å². The Kier molecular flexibility index (Phi) is 5.58. The SMILES string of the molecule is Cc1cc(C)cc(-n2nnnc2SCC(=O)Nc2ccc(C)cc2Cl)c1. The minimum Gasteiger partial charge on any atom is -0.324 e. The van der Waals surface area contributed by atoms with Crippen LogP contribution in [0.5, 0.6) is 0 Å². The number of aromatic nitrogens is 4. The molecule has 1 heterocycles. The van der Waals surface area contributed by atoms with Gasteiger partial charge in [-0.25, -0.2) is 0 Å². The Bertz CT molecular complexity index is 936. The molecule has 3 aromatic rings. The van der Waals surface area contributed by atoms with Crippen LogP contribution in [-0.2, 0) is 4.79 Å². The summed E-state index contributed by atoms with van der Waals surface area (Å²) in [4.78, 5) is 12.2. The van der Waals surface area contributed by atoms with E-state index in [0.717, 1.165) is 22.4 Å². The van der Waals surface area contributed by atoms with Crippen molar-refractivity contribution in [2.45, 2.75) is 25.9 Å². The van der Waals surface area contributed by atoms with E-state index in [1.165, 1.54) is 11.8 Å². The number of anilines is 1. The number of tetrazole rings is 1. The first kappa shape index (κ1) is 18.4. The van der Waals surface area contributed by atoms with Crippen LogP contribution in [0.1, 0.15) is 16.7 Å². The Balaban J connectivity index is 1.69. The van der Waals surface area contributed by atoms with E-state index in [4.69, 9.17) is 11.6 Å². The number of carbonyl (C=O) groups excluding carboxylic acids is 1. The van der Waals surface area contributed by atoms with Crippen molar-refractivity contribution in [2.75, 3.05) is 11.1 Å². The van der Waals surface area contributed by atoms with E-state index in [1.54, 1.807) is 10.7 Å². The van der Waals surface area contributed by atoms with Gasteiger partial charge < -0.3 is 5.32 Å². The quantitative estimate of drug-likeness (QED) is 0.670. The summed E-state index contributed by atoms with van der Waals surface area (Å²) in [7, 11) is 0. The Morgan fingerprint density at radius 2 is 1.85 bits per heavy atom. The number of carbonyl (C=O) groups is 1. The van der Waals surface area contributed by atoms with E-state index in [-0.39, 0.29) is 11.7 Å². The van der Waals surface area contributed by atoms with Gasteiger partial charge in [0, 0.05) is 0 Å². The first-order chi connectivity index (χ1) is 12.4. The molecule has 0 saturated carbocycles. The van der Waals surface area contributed by atoms with E-state index in [2.05, 4.69) is 26.9 Å². The molecule has 134 valence electrons. The molecule has 0 aliphatic rings. The molecule has 26 heavy (non-hydrogen) atoms. The number of hydrogen-bond donors (Lipinski definition) is 1. The number of benzene rings is 2. The van der Waals surface area contributed by atoms with Crippen molar-refractivity contribution < 1.29 is 4.79 Å². The molecule has 8 heteroatoms. The van der Waals surface area contributed by atoms with Crippen LogP contribution in [0.25, 0.3) is 5.69 Å². The number of aryl methyl sites for hydroxylation is 3. The number of thioether (sulfide) groups is 1. The lowest BCUT2D eigenvalue weighted by atomic mass is 10.1. The van der Waals surface area contributed by atoms with Crippen molar-refractivity contribution >= 4 is 35.0 Å². The Hall–Kier alpha value is -2.38. The molecular weight excluding hydrogens is 370 g/mol. The molecule has 0 spiro atoms. The van der Waals surface area contributed by atoms with Gasteiger partial charge in [0.05, 0.1) is 22.2 Å². The van der Waals surface area contributed by atoms with Crippen LogP contribution in [0.2, 0.25) is 5.02 Å². The fourth-order valence-corrected chi connectivity index (χ4v) is 3.51. The van der Waals surface area contributed by atoms with Gasteiger partial charge in [0.15, 0.2) is 0 Å². The highest BCUT2D eigenvalue weighted by Crippen LogP contribution is 2.24. The molecule has 2 aromatic carbocycles. The molecular formula is C18H18ClN5OS. The van der Waals surface area contributed by atoms with Gasteiger partial charge in [-0.3, -0.25) is 4.79 Å². The van der Waals surface area contributed by atoms with Gasteiger partial charge in [-0.15, -0.1) is 5.10 Å². The lowest BCUT2D eigenvalue weighted by Crippen LogP contribution is -2.15. The first-order valence-corrected chi connectivity index (χ1v) is 9.34. The van der Waals surface area contributed by atoms with Crippen LogP contribution in [0, 0.1) is 20.8 Å². The van der Waals surface area contributed by atoms with E-state index in [1.807, 2.05) is 45.0 Å². The molecule has 0 radical (unpaired) electrons. The molecule has 0 aliphatic heterocycles. The third-order valence-electron chi connectivity index (χ3n) is 3.62. The van der Waals surface area contributed by atoms with E-state index in [9.17, 15) is 4.79 Å². The Morgan fingerprint density at radius 3 is 2.54 bits per heavy atom. The third-order valence-corrected chi connectivity index (χ3v) is 4.85. The Labute approximate surface area is 160 Å². The standard InChI is InChI=1S/C18H18ClN5OS/c1-11-4-5-16(15(19)9-11)20-17(25)10-26-18-21-22-23-24(18)14-7-12(2)6-13(3)8-14/h4-9H,10H2,1-3H3,(H,20,25). The van der Waals surface area contributed by atoms with Crippen molar-refractivity contribution in [3.8, 4) is 5.69 Å². The molecule has 0 saturated heterocycles. The maximum atomic E-state index is 12.2. The lowest BCUT2D eigenvalue weighted by Gasteiger charge is -2.08. The van der Waals surface area contributed by atoms with Gasteiger partial charge in [-0.2, -0.15) is 4.68 Å². The van der Waals surface area contributed by atoms with E-state index >= 15 is 0 Å². The summed E-state index contributed by atoms with van der Waals surface area (Å²) in [5.74, 6) is 0.00534. The largest absolute Gasteiger partial charge is 0.324 e. The third kappa shape index (κ3) is 4.42. The molecule has 0 unspecified atom stereocenters. The maximum absolute atomic E-state index is 12.2. The molecule has 1 amide bonds. The first-order valence-electron chi connectivity index (χ1n) is 7.98. The fraction of sp³-hybridized carbons (Fsp3) is 0.222. The number of amides is 1. The smallest absolute Gasteiger partial charge is 0.234 e. The predicted octanol–water partition coefficient (Wildman–Crippen LogP) is 3.97. The minimum atomic E-state index is -0.171. The van der Waals surface area contributed by atoms with Gasteiger partial charge in [-0.05, 0) is 72.2 Å². The summed E-state index contributed by atoms with van der Waals surface area (Å²) in [5, 5.41) is 15.7. The summed E-state index contributed by atoms with van der Waals surface area (Å²) in [6.07, 6.45) is 0. The summed E-state index contributed by atoms with van der Waals surface area (Å²) < 4.78 is 1.64. The van der Waals surface area contributed by atoms with Gasteiger partial charge in [0.2, 0.25) is 11.1 Å². The summed E-state index contributed by atoms with van der Waals surface area (Å²) >= 11 is 7.42. The topological polar surface area (TPSA) is 72.7 Å². The zero-order valence-corrected chi connectivity index (χ0v) is 16.2. The van der Waals surface area contributed by atoms with Crippen LogP contribution in [-0.4, -0.2) is 31.9 Å². The highest BCUT2D eigenvalue weighted by atomic mass is 35.5. The maximum Gasteiger partial charge on any atom is 0.234 e. The summed E-state index contributed by atoms with van der Waals surface area (Å²) in [6, 6.07) is 11.6. The minimum absolute atomic E-state index is 0.171. The van der Waals surface area contributed by atoms with Crippen LogP contribution >= 0.6 is 23.4 Å². The summed E-state index contributed by atoms with van der Waals surface area (Å²) in [6.45, 7) is 5.99. The fourth-order valence-electron chi connectivity index (χ4n) is 2.54. The molecule has 0 aliphatic carbocycles. The van der Waals surface area contributed by atoms with Gasteiger partial charge in [0.1, 0.15) is 0 Å². The normalized spacial score (nSPS) is 10.8. The molecule has 1 aromatic heterocycles. The van der Waals surface area contributed by atoms with Crippen LogP contribution < -0.4 is 5.32 Å². The molecule has 1 N–H and O–H groups in total. The van der Waals surface area contributed by atoms with Crippen molar-refractivity contribution in [1.82, 2.24) is 20.2 Å². The van der Waals surface area contributed by atoms with Gasteiger partial charge >= 0.3 is 0 Å². The molecule has 0 atom stereocenters. The lowest BCUT2D eigenvalue weighted by molar-refractivity contribution is -0.113. The second-order valence-electron chi connectivity index (χ2n) is 6.04. The molecule has 3 rings (SSSR count). The number of rotatable bonds is 5. The predicted molar refractivity (Wildman–Crippen MR) is 104 cm³/mol. The van der Waals surface area contributed by atoms with Crippen LogP contribution in [0.3, 0.4) is 0 Å². The zero-order chi connectivity index (χ0) is 18.7. The Morgan fingerprint density at radius 1 is 1.12 bits per heavy atom. The monoisotopic (exact) mass is 387 g/mol. The van der Waals surface area contributed by atoms with Crippen molar-refractivity contribution in [3.05, 3.63) is 58.1 Å². The van der Waals surface area contributed by atoms with Gasteiger partial charge in [-0.1, -0.05) is 35.5 Å². The second-order valence-corrected chi connectivity index (χ2v) is 7.39. The summed E-state index contributed by atoms with van der Waals surface area (Å²) in [5.41, 5.74) is 4.75. The average molecular weight is 388 g/mol.